The number of hydrogen-bond acceptors (Lipinski definition) is 5. The normalized spacial score (nSPS) is 10.3. The fourth-order valence-electron chi connectivity index (χ4n) is 2.37. The summed E-state index contributed by atoms with van der Waals surface area (Å²) < 4.78 is 19.9. The summed E-state index contributed by atoms with van der Waals surface area (Å²) in [6.45, 7) is 0. The predicted octanol–water partition coefficient (Wildman–Crippen LogP) is 2.81. The molecule has 8 heteroatoms. The maximum atomic E-state index is 13.1. The zero-order chi connectivity index (χ0) is 19.4. The van der Waals surface area contributed by atoms with Crippen LogP contribution >= 0.6 is 0 Å². The zero-order valence-electron chi connectivity index (χ0n) is 14.7. The van der Waals surface area contributed by atoms with Gasteiger partial charge in [0, 0.05) is 25.3 Å². The lowest BCUT2D eigenvalue weighted by Gasteiger charge is -2.13. The molecule has 0 aliphatic heterocycles. The van der Waals surface area contributed by atoms with E-state index in [1.165, 1.54) is 44.6 Å². The number of hydrogen-bond donors (Lipinski definition) is 2. The van der Waals surface area contributed by atoms with E-state index in [2.05, 4.69) is 15.7 Å². The second-order valence-corrected chi connectivity index (χ2v) is 5.65. The van der Waals surface area contributed by atoms with Gasteiger partial charge in [-0.2, -0.15) is 5.10 Å². The van der Waals surface area contributed by atoms with Crippen LogP contribution in [0.5, 0.6) is 11.5 Å². The third kappa shape index (κ3) is 4.12. The highest BCUT2D eigenvalue weighted by Gasteiger charge is 2.14. The van der Waals surface area contributed by atoms with Crippen LogP contribution in [-0.4, -0.2) is 22.7 Å². The summed E-state index contributed by atoms with van der Waals surface area (Å²) in [5.41, 5.74) is 0.698. The molecule has 0 aliphatic carbocycles. The van der Waals surface area contributed by atoms with E-state index >= 15 is 0 Å². The molecule has 0 atom stereocenters. The number of halogens is 1. The topological polar surface area (TPSA) is 85.2 Å². The fraction of sp³-hybridized carbons (Fsp3) is 0.105. The van der Waals surface area contributed by atoms with E-state index in [-0.39, 0.29) is 17.3 Å². The average molecular weight is 368 g/mol. The number of nitrogens with one attached hydrogen (secondary N) is 2. The largest absolute Gasteiger partial charge is 0.453 e. The Bertz CT molecular complexity index is 1030. The predicted molar refractivity (Wildman–Crippen MR) is 99.1 cm³/mol. The zero-order valence-corrected chi connectivity index (χ0v) is 14.7. The summed E-state index contributed by atoms with van der Waals surface area (Å²) in [5, 5.41) is 9.48. The molecular weight excluding hydrogens is 351 g/mol. The van der Waals surface area contributed by atoms with Crippen molar-refractivity contribution in [2.45, 2.75) is 0 Å². The first-order chi connectivity index (χ1) is 13.0. The molecule has 138 valence electrons. The molecule has 0 radical (unpaired) electrons. The van der Waals surface area contributed by atoms with Gasteiger partial charge in [0.1, 0.15) is 11.6 Å². The van der Waals surface area contributed by atoms with Gasteiger partial charge in [0.2, 0.25) is 0 Å². The Hall–Kier alpha value is -3.68. The molecule has 7 nitrogen and oxygen atoms in total. The van der Waals surface area contributed by atoms with Gasteiger partial charge in [-0.1, -0.05) is 6.07 Å². The number of ether oxygens (including phenoxy) is 1. The van der Waals surface area contributed by atoms with Crippen molar-refractivity contribution in [1.82, 2.24) is 15.1 Å². The Morgan fingerprint density at radius 1 is 1.19 bits per heavy atom. The molecule has 0 fully saturated rings. The van der Waals surface area contributed by atoms with E-state index in [1.807, 2.05) is 0 Å². The molecule has 0 spiro atoms. The van der Waals surface area contributed by atoms with Crippen LogP contribution in [0, 0.1) is 5.82 Å². The number of aromatic nitrogens is 2. The molecular formula is C19H17FN4O3. The molecule has 0 bridgehead atoms. The van der Waals surface area contributed by atoms with E-state index in [0.717, 1.165) is 4.68 Å². The smallest absolute Gasteiger partial charge is 0.294 e. The van der Waals surface area contributed by atoms with Crippen LogP contribution < -0.4 is 20.9 Å². The molecule has 0 unspecified atom stereocenters. The summed E-state index contributed by atoms with van der Waals surface area (Å²) in [7, 11) is 3.05. The van der Waals surface area contributed by atoms with Crippen molar-refractivity contribution in [3.05, 3.63) is 76.5 Å². The van der Waals surface area contributed by atoms with Crippen molar-refractivity contribution >= 4 is 17.3 Å². The number of rotatable bonds is 5. The van der Waals surface area contributed by atoms with E-state index < -0.39 is 11.4 Å². The van der Waals surface area contributed by atoms with Gasteiger partial charge in [-0.3, -0.25) is 9.59 Å². The fourth-order valence-corrected chi connectivity index (χ4v) is 2.37. The monoisotopic (exact) mass is 368 g/mol. The molecule has 27 heavy (non-hydrogen) atoms. The van der Waals surface area contributed by atoms with Crippen LogP contribution in [0.3, 0.4) is 0 Å². The molecule has 1 aromatic heterocycles. The summed E-state index contributed by atoms with van der Waals surface area (Å²) >= 11 is 0. The second-order valence-electron chi connectivity index (χ2n) is 5.65. The first kappa shape index (κ1) is 18.1. The highest BCUT2D eigenvalue weighted by Crippen LogP contribution is 2.28. The van der Waals surface area contributed by atoms with Gasteiger partial charge in [0.05, 0.1) is 6.20 Å². The van der Waals surface area contributed by atoms with Crippen molar-refractivity contribution in [3.8, 4) is 11.5 Å². The lowest BCUT2D eigenvalue weighted by molar-refractivity contribution is 0.0963. The highest BCUT2D eigenvalue weighted by atomic mass is 19.1. The number of carbonyl (C=O) groups excluding carboxylic acids is 1. The summed E-state index contributed by atoms with van der Waals surface area (Å²) in [6, 6.07) is 12.1. The Balaban J connectivity index is 1.97. The van der Waals surface area contributed by atoms with Crippen LogP contribution in [0.25, 0.3) is 0 Å². The first-order valence-electron chi connectivity index (χ1n) is 8.07. The molecule has 1 heterocycles. The minimum Gasteiger partial charge on any atom is -0.453 e. The summed E-state index contributed by atoms with van der Waals surface area (Å²) in [6.07, 6.45) is 1.38. The van der Waals surface area contributed by atoms with E-state index in [4.69, 9.17) is 4.74 Å². The number of benzene rings is 2. The van der Waals surface area contributed by atoms with E-state index in [1.54, 1.807) is 24.3 Å². The van der Waals surface area contributed by atoms with E-state index in [0.29, 0.717) is 17.0 Å². The lowest BCUT2D eigenvalue weighted by atomic mass is 10.2. The van der Waals surface area contributed by atoms with E-state index in [9.17, 15) is 14.0 Å². The first-order valence-corrected chi connectivity index (χ1v) is 8.07. The number of amides is 1. The second kappa shape index (κ2) is 7.69. The van der Waals surface area contributed by atoms with Crippen molar-refractivity contribution < 1.29 is 13.9 Å². The quantitative estimate of drug-likeness (QED) is 0.723. The molecule has 0 saturated carbocycles. The minimum atomic E-state index is -0.417. The molecule has 3 aromatic rings. The van der Waals surface area contributed by atoms with Crippen molar-refractivity contribution in [3.63, 3.8) is 0 Å². The SMILES string of the molecule is CNC(=O)c1cccc(Nc2c(Oc3ccc(F)cc3)cnn(C)c2=O)c1. The van der Waals surface area contributed by atoms with Gasteiger partial charge in [-0.25, -0.2) is 9.07 Å². The molecule has 0 aliphatic rings. The van der Waals surface area contributed by atoms with Crippen molar-refractivity contribution in [2.75, 3.05) is 12.4 Å². The Morgan fingerprint density at radius 3 is 2.63 bits per heavy atom. The average Bonchev–Trinajstić information content (AvgIpc) is 2.68. The molecule has 1 amide bonds. The van der Waals surface area contributed by atoms with Crippen LogP contribution in [0.15, 0.2) is 59.5 Å². The number of anilines is 2. The van der Waals surface area contributed by atoms with Crippen molar-refractivity contribution in [1.29, 1.82) is 0 Å². The Labute approximate surface area is 154 Å². The van der Waals surface area contributed by atoms with Gasteiger partial charge in [-0.05, 0) is 42.5 Å². The summed E-state index contributed by atoms with van der Waals surface area (Å²) in [5.74, 6) is -0.110. The van der Waals surface area contributed by atoms with Crippen LogP contribution in [0.1, 0.15) is 10.4 Å². The maximum absolute atomic E-state index is 13.1. The van der Waals surface area contributed by atoms with Gasteiger partial charge in [0.25, 0.3) is 11.5 Å². The Kier molecular flexibility index (Phi) is 5.16. The maximum Gasteiger partial charge on any atom is 0.294 e. The van der Waals surface area contributed by atoms with Gasteiger partial charge in [-0.15, -0.1) is 0 Å². The third-order valence-corrected chi connectivity index (χ3v) is 3.76. The Morgan fingerprint density at radius 2 is 1.93 bits per heavy atom. The third-order valence-electron chi connectivity index (χ3n) is 3.76. The lowest BCUT2D eigenvalue weighted by Crippen LogP contribution is -2.22. The van der Waals surface area contributed by atoms with Gasteiger partial charge in [0.15, 0.2) is 11.4 Å². The standard InChI is InChI=1S/C19H17FN4O3/c1-21-18(25)12-4-3-5-14(10-12)23-17-16(11-22-24(2)19(17)26)27-15-8-6-13(20)7-9-15/h3-11,23H,1-2H3,(H,21,25). The summed E-state index contributed by atoms with van der Waals surface area (Å²) in [4.78, 5) is 24.3. The highest BCUT2D eigenvalue weighted by molar-refractivity contribution is 5.95. The minimum absolute atomic E-state index is 0.144. The number of carbonyl (C=O) groups is 1. The number of nitrogens with zero attached hydrogens (tertiary/aromatic N) is 2. The van der Waals surface area contributed by atoms with Crippen LogP contribution in [0.2, 0.25) is 0 Å². The molecule has 2 aromatic carbocycles. The molecule has 3 rings (SSSR count). The molecule has 2 N–H and O–H groups in total. The molecule has 0 saturated heterocycles. The van der Waals surface area contributed by atoms with Gasteiger partial charge < -0.3 is 15.4 Å². The van der Waals surface area contributed by atoms with Crippen LogP contribution in [-0.2, 0) is 7.05 Å². The number of aryl methyl sites for hydroxylation is 1. The van der Waals surface area contributed by atoms with Crippen LogP contribution in [0.4, 0.5) is 15.8 Å². The van der Waals surface area contributed by atoms with Crippen molar-refractivity contribution in [2.24, 2.45) is 7.05 Å². The van der Waals surface area contributed by atoms with Gasteiger partial charge >= 0.3 is 0 Å².